The molecule has 0 aliphatic rings. The zero-order chi connectivity index (χ0) is 15.3. The van der Waals surface area contributed by atoms with Crippen molar-refractivity contribution in [3.63, 3.8) is 0 Å². The molecule has 0 radical (unpaired) electrons. The number of thiazole rings is 1. The molecule has 4 heteroatoms. The number of nitrogens with zero attached hydrogens (tertiary/aromatic N) is 1. The van der Waals surface area contributed by atoms with Crippen molar-refractivity contribution < 1.29 is 4.74 Å². The minimum absolute atomic E-state index is 0.137. The van der Waals surface area contributed by atoms with E-state index in [0.717, 1.165) is 30.3 Å². The van der Waals surface area contributed by atoms with Gasteiger partial charge in [-0.15, -0.1) is 11.3 Å². The summed E-state index contributed by atoms with van der Waals surface area (Å²) < 4.78 is 5.16. The molecule has 1 N–H and O–H groups in total. The van der Waals surface area contributed by atoms with Crippen LogP contribution in [0.4, 0.5) is 0 Å². The topological polar surface area (TPSA) is 34.1 Å². The van der Waals surface area contributed by atoms with Crippen LogP contribution in [0.1, 0.15) is 37.0 Å². The number of hydrogen-bond donors (Lipinski definition) is 1. The fourth-order valence-corrected chi connectivity index (χ4v) is 2.95. The van der Waals surface area contributed by atoms with Crippen molar-refractivity contribution in [3.8, 4) is 5.75 Å². The number of methoxy groups -OCH3 is 1. The van der Waals surface area contributed by atoms with Crippen molar-refractivity contribution in [1.82, 2.24) is 10.3 Å². The van der Waals surface area contributed by atoms with E-state index in [2.05, 4.69) is 48.6 Å². The smallest absolute Gasteiger partial charge is 0.118 e. The highest BCUT2D eigenvalue weighted by Gasteiger charge is 2.16. The molecule has 114 valence electrons. The van der Waals surface area contributed by atoms with Gasteiger partial charge in [-0.1, -0.05) is 32.9 Å². The van der Waals surface area contributed by atoms with Crippen molar-refractivity contribution in [1.29, 1.82) is 0 Å². The minimum Gasteiger partial charge on any atom is -0.497 e. The highest BCUT2D eigenvalue weighted by atomic mass is 32.1. The molecule has 21 heavy (non-hydrogen) atoms. The number of aromatic nitrogens is 1. The Balaban J connectivity index is 1.75. The van der Waals surface area contributed by atoms with Crippen LogP contribution in [-0.4, -0.2) is 18.6 Å². The van der Waals surface area contributed by atoms with E-state index in [-0.39, 0.29) is 5.41 Å². The lowest BCUT2D eigenvalue weighted by Gasteiger charge is -2.14. The molecule has 3 nitrogen and oxygen atoms in total. The first-order chi connectivity index (χ1) is 9.99. The molecule has 0 saturated carbocycles. The first kappa shape index (κ1) is 16.0. The Morgan fingerprint density at radius 2 is 1.90 bits per heavy atom. The lowest BCUT2D eigenvalue weighted by molar-refractivity contribution is 0.414. The fraction of sp³-hybridized carbons (Fsp3) is 0.471. The third-order valence-corrected chi connectivity index (χ3v) is 4.19. The van der Waals surface area contributed by atoms with Crippen LogP contribution >= 0.6 is 11.3 Å². The van der Waals surface area contributed by atoms with E-state index in [4.69, 9.17) is 4.74 Å². The van der Waals surface area contributed by atoms with Gasteiger partial charge in [-0.3, -0.25) is 0 Å². The van der Waals surface area contributed by atoms with Gasteiger partial charge in [0.1, 0.15) is 10.8 Å². The van der Waals surface area contributed by atoms with Crippen LogP contribution < -0.4 is 10.1 Å². The van der Waals surface area contributed by atoms with E-state index < -0.39 is 0 Å². The van der Waals surface area contributed by atoms with Gasteiger partial charge in [-0.2, -0.15) is 0 Å². The molecule has 1 heterocycles. The summed E-state index contributed by atoms with van der Waals surface area (Å²) in [6.45, 7) is 8.39. The van der Waals surface area contributed by atoms with Crippen LogP contribution in [0.2, 0.25) is 0 Å². The van der Waals surface area contributed by atoms with Crippen molar-refractivity contribution in [2.45, 2.75) is 39.2 Å². The van der Waals surface area contributed by atoms with Crippen molar-refractivity contribution >= 4 is 11.3 Å². The number of rotatable bonds is 6. The predicted molar refractivity (Wildman–Crippen MR) is 89.2 cm³/mol. The molecule has 0 amide bonds. The Kier molecular flexibility index (Phi) is 5.37. The minimum atomic E-state index is 0.137. The largest absolute Gasteiger partial charge is 0.497 e. The van der Waals surface area contributed by atoms with Crippen LogP contribution in [0.5, 0.6) is 5.75 Å². The van der Waals surface area contributed by atoms with Crippen LogP contribution in [-0.2, 0) is 18.4 Å². The van der Waals surface area contributed by atoms with E-state index in [1.165, 1.54) is 11.3 Å². The molecule has 0 aliphatic heterocycles. The highest BCUT2D eigenvalue weighted by molar-refractivity contribution is 7.09. The lowest BCUT2D eigenvalue weighted by Crippen LogP contribution is -2.17. The molecule has 1 aromatic heterocycles. The van der Waals surface area contributed by atoms with Crippen LogP contribution in [0, 0.1) is 0 Å². The summed E-state index contributed by atoms with van der Waals surface area (Å²) in [5, 5.41) is 6.79. The van der Waals surface area contributed by atoms with Crippen molar-refractivity contribution in [2.75, 3.05) is 13.7 Å². The number of nitrogens with one attached hydrogen (secondary N) is 1. The summed E-state index contributed by atoms with van der Waals surface area (Å²) in [5.41, 5.74) is 2.63. The summed E-state index contributed by atoms with van der Waals surface area (Å²) in [5.74, 6) is 0.907. The highest BCUT2D eigenvalue weighted by Crippen LogP contribution is 2.23. The van der Waals surface area contributed by atoms with Gasteiger partial charge in [0.2, 0.25) is 0 Å². The quantitative estimate of drug-likeness (QED) is 0.825. The van der Waals surface area contributed by atoms with Gasteiger partial charge in [0.25, 0.3) is 0 Å². The van der Waals surface area contributed by atoms with Gasteiger partial charge in [0.15, 0.2) is 0 Å². The third kappa shape index (κ3) is 4.83. The van der Waals surface area contributed by atoms with E-state index >= 15 is 0 Å². The zero-order valence-corrected chi connectivity index (χ0v) is 14.1. The third-order valence-electron chi connectivity index (χ3n) is 3.35. The second kappa shape index (κ2) is 7.05. The van der Waals surface area contributed by atoms with Gasteiger partial charge in [-0.05, 0) is 30.7 Å². The van der Waals surface area contributed by atoms with Crippen LogP contribution in [0.3, 0.4) is 0 Å². The summed E-state index contributed by atoms with van der Waals surface area (Å²) in [4.78, 5) is 4.69. The average molecular weight is 304 g/mol. The van der Waals surface area contributed by atoms with Gasteiger partial charge in [0.05, 0.1) is 12.8 Å². The van der Waals surface area contributed by atoms with Gasteiger partial charge >= 0.3 is 0 Å². The molecule has 0 atom stereocenters. The Labute approximate surface area is 131 Å². The molecular formula is C17H24N2OS. The first-order valence-electron chi connectivity index (χ1n) is 7.27. The maximum Gasteiger partial charge on any atom is 0.118 e. The summed E-state index contributed by atoms with van der Waals surface area (Å²) in [6, 6.07) is 8.24. The first-order valence-corrected chi connectivity index (χ1v) is 8.15. The lowest BCUT2D eigenvalue weighted by atomic mass is 9.93. The number of benzene rings is 1. The summed E-state index contributed by atoms with van der Waals surface area (Å²) in [7, 11) is 1.69. The molecule has 0 bridgehead atoms. The SMILES string of the molecule is COc1ccc(CCNCc2nc(C(C)(C)C)cs2)cc1. The maximum atomic E-state index is 5.16. The summed E-state index contributed by atoms with van der Waals surface area (Å²) >= 11 is 1.74. The molecule has 0 fully saturated rings. The normalized spacial score (nSPS) is 11.6. The monoisotopic (exact) mass is 304 g/mol. The second-order valence-electron chi connectivity index (χ2n) is 6.15. The second-order valence-corrected chi connectivity index (χ2v) is 7.09. The van der Waals surface area contributed by atoms with Crippen molar-refractivity contribution in [3.05, 3.63) is 45.9 Å². The van der Waals surface area contributed by atoms with Gasteiger partial charge in [-0.25, -0.2) is 4.98 Å². The molecule has 1 aromatic carbocycles. The molecule has 0 spiro atoms. The molecule has 0 saturated heterocycles. The van der Waals surface area contributed by atoms with E-state index in [9.17, 15) is 0 Å². The van der Waals surface area contributed by atoms with E-state index in [1.54, 1.807) is 18.4 Å². The van der Waals surface area contributed by atoms with E-state index in [1.807, 2.05) is 12.1 Å². The van der Waals surface area contributed by atoms with Gasteiger partial charge in [0, 0.05) is 17.3 Å². The molecule has 2 rings (SSSR count). The number of ether oxygens (including phenoxy) is 1. The maximum absolute atomic E-state index is 5.16. The predicted octanol–water partition coefficient (Wildman–Crippen LogP) is 3.78. The van der Waals surface area contributed by atoms with Crippen LogP contribution in [0.25, 0.3) is 0 Å². The zero-order valence-electron chi connectivity index (χ0n) is 13.3. The Morgan fingerprint density at radius 1 is 1.19 bits per heavy atom. The average Bonchev–Trinajstić information content (AvgIpc) is 2.93. The fourth-order valence-electron chi connectivity index (χ4n) is 1.96. The Hall–Kier alpha value is -1.39. The Bertz CT molecular complexity index is 555. The molecule has 2 aromatic rings. The molecular weight excluding hydrogens is 280 g/mol. The van der Waals surface area contributed by atoms with E-state index in [0.29, 0.717) is 0 Å². The van der Waals surface area contributed by atoms with Crippen LogP contribution in [0.15, 0.2) is 29.6 Å². The van der Waals surface area contributed by atoms with Gasteiger partial charge < -0.3 is 10.1 Å². The molecule has 0 aliphatic carbocycles. The standard InChI is InChI=1S/C17H24N2OS/c1-17(2,3)15-12-21-16(19-15)11-18-10-9-13-5-7-14(20-4)8-6-13/h5-8,12,18H,9-11H2,1-4H3. The Morgan fingerprint density at radius 3 is 2.48 bits per heavy atom. The molecule has 0 unspecified atom stereocenters. The number of hydrogen-bond acceptors (Lipinski definition) is 4. The van der Waals surface area contributed by atoms with Crippen molar-refractivity contribution in [2.24, 2.45) is 0 Å². The summed E-state index contributed by atoms with van der Waals surface area (Å²) in [6.07, 6.45) is 1.02.